The van der Waals surface area contributed by atoms with E-state index in [-0.39, 0.29) is 5.69 Å². The molecular weight excluding hydrogens is 210 g/mol. The average Bonchev–Trinajstić information content (AvgIpc) is 2.29. The summed E-state index contributed by atoms with van der Waals surface area (Å²) in [6.45, 7) is 1.85. The summed E-state index contributed by atoms with van der Waals surface area (Å²) < 4.78 is 0. The van der Waals surface area contributed by atoms with Gasteiger partial charge in [-0.25, -0.2) is 9.78 Å². The molecule has 2 N–H and O–H groups in total. The van der Waals surface area contributed by atoms with Gasteiger partial charge >= 0.3 is 5.97 Å². The maximum Gasteiger partial charge on any atom is 0.326 e. The molecule has 0 aliphatic rings. The van der Waals surface area contributed by atoms with Crippen molar-refractivity contribution in [3.8, 4) is 0 Å². The first kappa shape index (κ1) is 12.1. The molecule has 1 atom stereocenters. The van der Waals surface area contributed by atoms with E-state index in [1.165, 1.54) is 18.6 Å². The Morgan fingerprint density at radius 2 is 2.25 bits per heavy atom. The first-order valence-electron chi connectivity index (χ1n) is 4.94. The fourth-order valence-corrected chi connectivity index (χ4v) is 1.19. The van der Waals surface area contributed by atoms with Crippen LogP contribution in [0.1, 0.15) is 30.3 Å². The van der Waals surface area contributed by atoms with Gasteiger partial charge in [-0.15, -0.1) is 0 Å². The maximum atomic E-state index is 11.6. The van der Waals surface area contributed by atoms with E-state index >= 15 is 0 Å². The summed E-state index contributed by atoms with van der Waals surface area (Å²) in [7, 11) is 0. The highest BCUT2D eigenvalue weighted by molar-refractivity contribution is 5.94. The smallest absolute Gasteiger partial charge is 0.326 e. The van der Waals surface area contributed by atoms with Crippen molar-refractivity contribution >= 4 is 11.9 Å². The van der Waals surface area contributed by atoms with Crippen LogP contribution in [0, 0.1) is 0 Å². The van der Waals surface area contributed by atoms with Crippen LogP contribution in [0.5, 0.6) is 0 Å². The van der Waals surface area contributed by atoms with Crippen LogP contribution in [0.3, 0.4) is 0 Å². The Labute approximate surface area is 92.7 Å². The zero-order chi connectivity index (χ0) is 12.0. The van der Waals surface area contributed by atoms with Gasteiger partial charge in [-0.1, -0.05) is 13.3 Å². The van der Waals surface area contributed by atoms with Crippen molar-refractivity contribution in [2.24, 2.45) is 0 Å². The quantitative estimate of drug-likeness (QED) is 0.756. The second-order valence-electron chi connectivity index (χ2n) is 3.24. The number of rotatable bonds is 5. The van der Waals surface area contributed by atoms with Crippen LogP contribution in [0.15, 0.2) is 18.6 Å². The third-order valence-electron chi connectivity index (χ3n) is 1.98. The van der Waals surface area contributed by atoms with E-state index in [9.17, 15) is 9.59 Å². The average molecular weight is 223 g/mol. The number of aromatic nitrogens is 2. The van der Waals surface area contributed by atoms with Crippen LogP contribution in [0.2, 0.25) is 0 Å². The molecule has 0 spiro atoms. The van der Waals surface area contributed by atoms with E-state index in [0.717, 1.165) is 0 Å². The van der Waals surface area contributed by atoms with Crippen molar-refractivity contribution in [3.05, 3.63) is 24.3 Å². The van der Waals surface area contributed by atoms with Gasteiger partial charge in [0.25, 0.3) is 5.91 Å². The standard InChI is InChI=1S/C10H13N3O3/c1-2-3-7(10(15)16)13-9(14)8-6-11-4-5-12-8/h4-7H,2-3H2,1H3,(H,13,14)(H,15,16)/t7-/m1/s1. The molecule has 1 amide bonds. The summed E-state index contributed by atoms with van der Waals surface area (Å²) in [4.78, 5) is 29.9. The molecule has 0 unspecified atom stereocenters. The largest absolute Gasteiger partial charge is 0.480 e. The number of carbonyl (C=O) groups is 2. The minimum absolute atomic E-state index is 0.116. The molecule has 0 radical (unpaired) electrons. The van der Waals surface area contributed by atoms with Crippen LogP contribution in [0.25, 0.3) is 0 Å². The predicted molar refractivity (Wildman–Crippen MR) is 55.8 cm³/mol. The summed E-state index contributed by atoms with van der Waals surface area (Å²) in [6.07, 6.45) is 5.18. The molecular formula is C10H13N3O3. The normalized spacial score (nSPS) is 11.8. The van der Waals surface area contributed by atoms with Gasteiger partial charge in [0.1, 0.15) is 11.7 Å². The van der Waals surface area contributed by atoms with Gasteiger partial charge in [0.2, 0.25) is 0 Å². The summed E-state index contributed by atoms with van der Waals surface area (Å²) in [5.41, 5.74) is 0.116. The molecule has 86 valence electrons. The molecule has 0 saturated carbocycles. The van der Waals surface area contributed by atoms with Crippen LogP contribution >= 0.6 is 0 Å². The Morgan fingerprint density at radius 1 is 1.50 bits per heavy atom. The number of hydrogen-bond acceptors (Lipinski definition) is 4. The summed E-state index contributed by atoms with van der Waals surface area (Å²) >= 11 is 0. The first-order chi connectivity index (χ1) is 7.65. The molecule has 6 heteroatoms. The van der Waals surface area contributed by atoms with E-state index in [1.54, 1.807) is 0 Å². The molecule has 16 heavy (non-hydrogen) atoms. The Bertz CT molecular complexity index is 367. The highest BCUT2D eigenvalue weighted by atomic mass is 16.4. The van der Waals surface area contributed by atoms with E-state index in [4.69, 9.17) is 5.11 Å². The molecule has 1 aromatic heterocycles. The van der Waals surface area contributed by atoms with E-state index < -0.39 is 17.9 Å². The zero-order valence-corrected chi connectivity index (χ0v) is 8.88. The van der Waals surface area contributed by atoms with Gasteiger partial charge < -0.3 is 10.4 Å². The lowest BCUT2D eigenvalue weighted by molar-refractivity contribution is -0.139. The van der Waals surface area contributed by atoms with Crippen LogP contribution in [-0.4, -0.2) is 33.0 Å². The fraction of sp³-hybridized carbons (Fsp3) is 0.400. The van der Waals surface area contributed by atoms with Gasteiger partial charge in [-0.3, -0.25) is 9.78 Å². The molecule has 6 nitrogen and oxygen atoms in total. The predicted octanol–water partition coefficient (Wildman–Crippen LogP) is 0.460. The lowest BCUT2D eigenvalue weighted by Crippen LogP contribution is -2.40. The Hall–Kier alpha value is -1.98. The van der Waals surface area contributed by atoms with Gasteiger partial charge in [-0.2, -0.15) is 0 Å². The van der Waals surface area contributed by atoms with Crippen LogP contribution < -0.4 is 5.32 Å². The van der Waals surface area contributed by atoms with E-state index in [1.807, 2.05) is 6.92 Å². The molecule has 0 fully saturated rings. The molecule has 0 aromatic carbocycles. The number of nitrogens with zero attached hydrogens (tertiary/aromatic N) is 2. The van der Waals surface area contributed by atoms with Crippen molar-refractivity contribution in [3.63, 3.8) is 0 Å². The summed E-state index contributed by atoms with van der Waals surface area (Å²) in [5.74, 6) is -1.56. The molecule has 0 aliphatic carbocycles. The van der Waals surface area contributed by atoms with Crippen LogP contribution in [0.4, 0.5) is 0 Å². The summed E-state index contributed by atoms with van der Waals surface area (Å²) in [5, 5.41) is 11.2. The lowest BCUT2D eigenvalue weighted by Gasteiger charge is -2.12. The number of nitrogens with one attached hydrogen (secondary N) is 1. The SMILES string of the molecule is CCC[C@@H](NC(=O)c1cnccn1)C(=O)O. The molecule has 1 heterocycles. The monoisotopic (exact) mass is 223 g/mol. The second-order valence-corrected chi connectivity index (χ2v) is 3.24. The number of hydrogen-bond donors (Lipinski definition) is 2. The van der Waals surface area contributed by atoms with Gasteiger partial charge in [-0.05, 0) is 6.42 Å². The highest BCUT2D eigenvalue weighted by Crippen LogP contribution is 1.99. The number of carboxylic acid groups (broad SMARTS) is 1. The third kappa shape index (κ3) is 3.30. The highest BCUT2D eigenvalue weighted by Gasteiger charge is 2.19. The number of carbonyl (C=O) groups excluding carboxylic acids is 1. The third-order valence-corrected chi connectivity index (χ3v) is 1.98. The minimum atomic E-state index is -1.04. The molecule has 1 rings (SSSR count). The lowest BCUT2D eigenvalue weighted by atomic mass is 10.1. The molecule has 0 bridgehead atoms. The van der Waals surface area contributed by atoms with Gasteiger partial charge in [0.15, 0.2) is 0 Å². The van der Waals surface area contributed by atoms with E-state index in [0.29, 0.717) is 12.8 Å². The Kier molecular flexibility index (Phi) is 4.38. The first-order valence-corrected chi connectivity index (χ1v) is 4.94. The van der Waals surface area contributed by atoms with Crippen molar-refractivity contribution in [2.45, 2.75) is 25.8 Å². The molecule has 1 aromatic rings. The fourth-order valence-electron chi connectivity index (χ4n) is 1.19. The second kappa shape index (κ2) is 5.79. The van der Waals surface area contributed by atoms with Gasteiger partial charge in [0.05, 0.1) is 6.20 Å². The van der Waals surface area contributed by atoms with Crippen molar-refractivity contribution in [2.75, 3.05) is 0 Å². The van der Waals surface area contributed by atoms with Gasteiger partial charge in [0, 0.05) is 12.4 Å². The number of amides is 1. The topological polar surface area (TPSA) is 92.2 Å². The zero-order valence-electron chi connectivity index (χ0n) is 8.88. The molecule has 0 saturated heterocycles. The van der Waals surface area contributed by atoms with Crippen molar-refractivity contribution < 1.29 is 14.7 Å². The summed E-state index contributed by atoms with van der Waals surface area (Å²) in [6, 6.07) is -0.875. The molecule has 0 aliphatic heterocycles. The number of aliphatic carboxylic acids is 1. The Balaban J connectivity index is 2.65. The maximum absolute atomic E-state index is 11.6. The van der Waals surface area contributed by atoms with Crippen molar-refractivity contribution in [1.82, 2.24) is 15.3 Å². The van der Waals surface area contributed by atoms with E-state index in [2.05, 4.69) is 15.3 Å². The van der Waals surface area contributed by atoms with Crippen LogP contribution in [-0.2, 0) is 4.79 Å². The Morgan fingerprint density at radius 3 is 2.75 bits per heavy atom. The van der Waals surface area contributed by atoms with Crippen molar-refractivity contribution in [1.29, 1.82) is 0 Å². The number of carboxylic acids is 1. The minimum Gasteiger partial charge on any atom is -0.480 e.